The Balaban J connectivity index is 1.60. The summed E-state index contributed by atoms with van der Waals surface area (Å²) in [7, 11) is 0. The maximum absolute atomic E-state index is 13.6. The molecule has 2 saturated carbocycles. The first-order valence-electron chi connectivity index (χ1n) is 8.43. The molecule has 0 bridgehead atoms. The SMILES string of the molecule is CC1CCC(N(C(=O)COc2ccc(F)cc2F)C2CC2)CC1. The number of carbonyl (C=O) groups excluding carboxylic acids is 1. The van der Waals surface area contributed by atoms with Gasteiger partial charge in [0.2, 0.25) is 0 Å². The number of hydrogen-bond donors (Lipinski definition) is 0. The summed E-state index contributed by atoms with van der Waals surface area (Å²) in [6.45, 7) is 2.06. The van der Waals surface area contributed by atoms with Crippen molar-refractivity contribution in [3.8, 4) is 5.75 Å². The van der Waals surface area contributed by atoms with E-state index in [2.05, 4.69) is 6.92 Å². The first-order valence-corrected chi connectivity index (χ1v) is 8.43. The fourth-order valence-corrected chi connectivity index (χ4v) is 3.39. The van der Waals surface area contributed by atoms with Crippen molar-refractivity contribution in [1.82, 2.24) is 4.90 Å². The molecule has 1 amide bonds. The van der Waals surface area contributed by atoms with Crippen LogP contribution < -0.4 is 4.74 Å². The molecule has 0 heterocycles. The summed E-state index contributed by atoms with van der Waals surface area (Å²) in [5.41, 5.74) is 0. The molecule has 0 atom stereocenters. The van der Waals surface area contributed by atoms with Crippen LogP contribution in [-0.4, -0.2) is 29.5 Å². The predicted molar refractivity (Wildman–Crippen MR) is 83.1 cm³/mol. The van der Waals surface area contributed by atoms with Crippen LogP contribution in [-0.2, 0) is 4.79 Å². The standard InChI is InChI=1S/C18H23F2NO2/c1-12-2-5-14(6-3-12)21(15-7-8-15)18(22)11-23-17-9-4-13(19)10-16(17)20/h4,9-10,12,14-15H,2-3,5-8,11H2,1H3. The smallest absolute Gasteiger partial charge is 0.261 e. The molecule has 2 aliphatic rings. The topological polar surface area (TPSA) is 29.5 Å². The zero-order valence-electron chi connectivity index (χ0n) is 13.4. The molecule has 23 heavy (non-hydrogen) atoms. The molecule has 1 aromatic carbocycles. The zero-order chi connectivity index (χ0) is 16.4. The van der Waals surface area contributed by atoms with E-state index >= 15 is 0 Å². The molecule has 0 unspecified atom stereocenters. The minimum absolute atomic E-state index is 0.0761. The normalized spacial score (nSPS) is 24.3. The molecule has 3 rings (SSSR count). The van der Waals surface area contributed by atoms with Crippen molar-refractivity contribution in [2.75, 3.05) is 6.61 Å². The van der Waals surface area contributed by atoms with Gasteiger partial charge in [0.1, 0.15) is 5.82 Å². The maximum Gasteiger partial charge on any atom is 0.261 e. The molecule has 2 fully saturated rings. The van der Waals surface area contributed by atoms with Gasteiger partial charge in [-0.05, 0) is 56.6 Å². The molecule has 2 aliphatic carbocycles. The Morgan fingerprint density at radius 2 is 1.74 bits per heavy atom. The first kappa shape index (κ1) is 16.2. The summed E-state index contributed by atoms with van der Waals surface area (Å²) in [5.74, 6) is -0.866. The van der Waals surface area contributed by atoms with Crippen molar-refractivity contribution in [3.63, 3.8) is 0 Å². The minimum atomic E-state index is -0.776. The number of carbonyl (C=O) groups is 1. The molecule has 3 nitrogen and oxygen atoms in total. The molecule has 1 aromatic rings. The van der Waals surface area contributed by atoms with E-state index in [1.54, 1.807) is 0 Å². The van der Waals surface area contributed by atoms with Crippen molar-refractivity contribution in [3.05, 3.63) is 29.8 Å². The van der Waals surface area contributed by atoms with Crippen LogP contribution in [0.4, 0.5) is 8.78 Å². The second-order valence-electron chi connectivity index (χ2n) is 6.81. The Hall–Kier alpha value is -1.65. The fourth-order valence-electron chi connectivity index (χ4n) is 3.39. The van der Waals surface area contributed by atoms with Gasteiger partial charge in [0.05, 0.1) is 0 Å². The van der Waals surface area contributed by atoms with E-state index in [0.29, 0.717) is 6.04 Å². The van der Waals surface area contributed by atoms with Crippen LogP contribution in [0.5, 0.6) is 5.75 Å². The van der Waals surface area contributed by atoms with Crippen molar-refractivity contribution in [2.45, 2.75) is 57.5 Å². The highest BCUT2D eigenvalue weighted by atomic mass is 19.1. The van der Waals surface area contributed by atoms with Crippen LogP contribution in [0.3, 0.4) is 0 Å². The van der Waals surface area contributed by atoms with Gasteiger partial charge in [-0.15, -0.1) is 0 Å². The van der Waals surface area contributed by atoms with E-state index in [1.165, 1.54) is 6.07 Å². The van der Waals surface area contributed by atoms with Crippen molar-refractivity contribution in [1.29, 1.82) is 0 Å². The van der Waals surface area contributed by atoms with Crippen LogP contribution >= 0.6 is 0 Å². The molecule has 0 aromatic heterocycles. The van der Waals surface area contributed by atoms with E-state index in [0.717, 1.165) is 56.6 Å². The fraction of sp³-hybridized carbons (Fsp3) is 0.611. The monoisotopic (exact) mass is 323 g/mol. The number of halogens is 2. The zero-order valence-corrected chi connectivity index (χ0v) is 13.4. The highest BCUT2D eigenvalue weighted by Gasteiger charge is 2.38. The van der Waals surface area contributed by atoms with E-state index in [9.17, 15) is 13.6 Å². The molecule has 126 valence electrons. The number of rotatable bonds is 5. The van der Waals surface area contributed by atoms with Crippen LogP contribution in [0.25, 0.3) is 0 Å². The van der Waals surface area contributed by atoms with E-state index in [-0.39, 0.29) is 24.3 Å². The highest BCUT2D eigenvalue weighted by molar-refractivity contribution is 5.78. The molecule has 0 N–H and O–H groups in total. The Bertz CT molecular complexity index is 566. The number of amides is 1. The minimum Gasteiger partial charge on any atom is -0.481 e. The average Bonchev–Trinajstić information content (AvgIpc) is 3.33. The third-order valence-corrected chi connectivity index (χ3v) is 4.85. The van der Waals surface area contributed by atoms with Gasteiger partial charge in [0.15, 0.2) is 18.2 Å². The van der Waals surface area contributed by atoms with Crippen molar-refractivity contribution >= 4 is 5.91 Å². The van der Waals surface area contributed by atoms with Gasteiger partial charge in [-0.1, -0.05) is 6.92 Å². The first-order chi connectivity index (χ1) is 11.0. The Kier molecular flexibility index (Phi) is 4.83. The second-order valence-corrected chi connectivity index (χ2v) is 6.81. The van der Waals surface area contributed by atoms with E-state index < -0.39 is 11.6 Å². The number of hydrogen-bond acceptors (Lipinski definition) is 2. The third-order valence-electron chi connectivity index (χ3n) is 4.85. The Morgan fingerprint density at radius 3 is 2.30 bits per heavy atom. The number of ether oxygens (including phenoxy) is 1. The maximum atomic E-state index is 13.6. The van der Waals surface area contributed by atoms with Gasteiger partial charge in [-0.25, -0.2) is 8.78 Å². The predicted octanol–water partition coefficient (Wildman–Crippen LogP) is 3.91. The Labute approximate surface area is 135 Å². The summed E-state index contributed by atoms with van der Waals surface area (Å²) >= 11 is 0. The largest absolute Gasteiger partial charge is 0.481 e. The lowest BCUT2D eigenvalue weighted by atomic mass is 9.86. The summed E-state index contributed by atoms with van der Waals surface area (Å²) in [6.07, 6.45) is 6.46. The summed E-state index contributed by atoms with van der Waals surface area (Å²) < 4.78 is 31.8. The second kappa shape index (κ2) is 6.85. The molecule has 0 saturated heterocycles. The van der Waals surface area contributed by atoms with Gasteiger partial charge in [0.25, 0.3) is 5.91 Å². The molecule has 0 aliphatic heterocycles. The van der Waals surface area contributed by atoms with Crippen LogP contribution in [0.15, 0.2) is 18.2 Å². The molecule has 0 spiro atoms. The van der Waals surface area contributed by atoms with Crippen LogP contribution in [0, 0.1) is 17.6 Å². The number of benzene rings is 1. The van der Waals surface area contributed by atoms with Gasteiger partial charge >= 0.3 is 0 Å². The van der Waals surface area contributed by atoms with Crippen LogP contribution in [0.1, 0.15) is 45.4 Å². The lowest BCUT2D eigenvalue weighted by molar-refractivity contribution is -0.137. The lowest BCUT2D eigenvalue weighted by Crippen LogP contribution is -2.45. The van der Waals surface area contributed by atoms with Gasteiger partial charge in [-0.3, -0.25) is 4.79 Å². The third kappa shape index (κ3) is 4.01. The van der Waals surface area contributed by atoms with Gasteiger partial charge < -0.3 is 9.64 Å². The Morgan fingerprint density at radius 1 is 1.13 bits per heavy atom. The van der Waals surface area contributed by atoms with Gasteiger partial charge in [0, 0.05) is 18.2 Å². The average molecular weight is 323 g/mol. The van der Waals surface area contributed by atoms with E-state index in [1.807, 2.05) is 4.90 Å². The quantitative estimate of drug-likeness (QED) is 0.822. The molecule has 0 radical (unpaired) electrons. The molecular weight excluding hydrogens is 300 g/mol. The highest BCUT2D eigenvalue weighted by Crippen LogP contribution is 2.35. The number of nitrogens with zero attached hydrogens (tertiary/aromatic N) is 1. The lowest BCUT2D eigenvalue weighted by Gasteiger charge is -2.36. The molecular formula is C18H23F2NO2. The summed E-state index contributed by atoms with van der Waals surface area (Å²) in [5, 5.41) is 0. The summed E-state index contributed by atoms with van der Waals surface area (Å²) in [4.78, 5) is 14.5. The van der Waals surface area contributed by atoms with Crippen LogP contribution in [0.2, 0.25) is 0 Å². The van der Waals surface area contributed by atoms with Crippen molar-refractivity contribution < 1.29 is 18.3 Å². The molecule has 5 heteroatoms. The summed E-state index contributed by atoms with van der Waals surface area (Å²) in [6, 6.07) is 3.72. The van der Waals surface area contributed by atoms with Crippen molar-refractivity contribution in [2.24, 2.45) is 5.92 Å². The van der Waals surface area contributed by atoms with Gasteiger partial charge in [-0.2, -0.15) is 0 Å². The van der Waals surface area contributed by atoms with E-state index in [4.69, 9.17) is 4.74 Å².